The molecule has 0 saturated heterocycles. The van der Waals surface area contributed by atoms with Gasteiger partial charge in [0.05, 0.1) is 13.1 Å². The van der Waals surface area contributed by atoms with Gasteiger partial charge in [0.2, 0.25) is 0 Å². The molecule has 0 unspecified atom stereocenters. The summed E-state index contributed by atoms with van der Waals surface area (Å²) in [6.45, 7) is 6.16. The lowest BCUT2D eigenvalue weighted by molar-refractivity contribution is 0.867. The van der Waals surface area contributed by atoms with E-state index in [1.165, 1.54) is 10.4 Å². The van der Waals surface area contributed by atoms with E-state index in [1.807, 2.05) is 6.92 Å². The van der Waals surface area contributed by atoms with E-state index in [1.54, 1.807) is 11.3 Å². The van der Waals surface area contributed by atoms with E-state index in [-0.39, 0.29) is 24.0 Å². The molecule has 0 radical (unpaired) electrons. The highest BCUT2D eigenvalue weighted by molar-refractivity contribution is 14.0. The molecular weight excluding hydrogens is 345 g/mol. The van der Waals surface area contributed by atoms with E-state index in [2.05, 4.69) is 39.9 Å². The Balaban J connectivity index is 0.00000256. The molecule has 0 spiro atoms. The second kappa shape index (κ2) is 9.31. The number of rotatable bonds is 4. The summed E-state index contributed by atoms with van der Waals surface area (Å²) in [6, 6.07) is 2.11. The van der Waals surface area contributed by atoms with Crippen molar-refractivity contribution in [2.45, 2.75) is 20.4 Å². The van der Waals surface area contributed by atoms with Gasteiger partial charge in [0.15, 0.2) is 5.96 Å². The number of aryl methyl sites for hydroxylation is 1. The number of terminal acetylenes is 1. The Labute approximate surface area is 124 Å². The normalized spacial score (nSPS) is 10.3. The Bertz CT molecular complexity index is 393. The number of nitrogens with zero attached hydrogens (tertiary/aromatic N) is 1. The quantitative estimate of drug-likeness (QED) is 0.373. The molecule has 1 heterocycles. The summed E-state index contributed by atoms with van der Waals surface area (Å²) in [5, 5.41) is 8.29. The van der Waals surface area contributed by atoms with Gasteiger partial charge in [0.1, 0.15) is 0 Å². The van der Waals surface area contributed by atoms with E-state index in [0.717, 1.165) is 12.5 Å². The molecule has 1 aromatic heterocycles. The molecule has 17 heavy (non-hydrogen) atoms. The molecule has 3 nitrogen and oxygen atoms in total. The average Bonchev–Trinajstić information content (AvgIpc) is 2.68. The first-order valence-corrected chi connectivity index (χ1v) is 6.14. The standard InChI is InChI=1S/C12H17N3S.HI/c1-4-7-14-12(13-5-2)15-9-11-10(3)6-8-16-11;/h1,6,8H,5,7,9H2,2-3H3,(H2,13,14,15);1H. The monoisotopic (exact) mass is 363 g/mol. The fourth-order valence-corrected chi connectivity index (χ4v) is 2.02. The summed E-state index contributed by atoms with van der Waals surface area (Å²) in [7, 11) is 0. The summed E-state index contributed by atoms with van der Waals surface area (Å²) in [5.41, 5.74) is 1.29. The number of aliphatic imine (C=N–C) groups is 1. The van der Waals surface area contributed by atoms with Crippen LogP contribution in [0.1, 0.15) is 17.4 Å². The molecule has 2 N–H and O–H groups in total. The minimum Gasteiger partial charge on any atom is -0.357 e. The van der Waals surface area contributed by atoms with E-state index >= 15 is 0 Å². The molecule has 1 aromatic rings. The minimum absolute atomic E-state index is 0. The number of halogens is 1. The first kappa shape index (κ1) is 16.3. The zero-order chi connectivity index (χ0) is 11.8. The number of guanidine groups is 1. The summed E-state index contributed by atoms with van der Waals surface area (Å²) in [5.74, 6) is 3.30. The van der Waals surface area contributed by atoms with Gasteiger partial charge in [-0.05, 0) is 30.9 Å². The van der Waals surface area contributed by atoms with Crippen molar-refractivity contribution < 1.29 is 0 Å². The third-order valence-electron chi connectivity index (χ3n) is 2.05. The van der Waals surface area contributed by atoms with Crippen LogP contribution in [-0.2, 0) is 6.54 Å². The van der Waals surface area contributed by atoms with Crippen molar-refractivity contribution in [1.82, 2.24) is 10.6 Å². The molecule has 0 amide bonds. The van der Waals surface area contributed by atoms with Gasteiger partial charge in [-0.25, -0.2) is 4.99 Å². The third kappa shape index (κ3) is 5.94. The SMILES string of the molecule is C#CCNC(=NCc1sccc1C)NCC.I. The van der Waals surface area contributed by atoms with E-state index in [0.29, 0.717) is 13.1 Å². The van der Waals surface area contributed by atoms with Gasteiger partial charge in [0, 0.05) is 11.4 Å². The zero-order valence-corrected chi connectivity index (χ0v) is 13.3. The summed E-state index contributed by atoms with van der Waals surface area (Å²) in [6.07, 6.45) is 5.19. The smallest absolute Gasteiger partial charge is 0.192 e. The van der Waals surface area contributed by atoms with Crippen molar-refractivity contribution in [1.29, 1.82) is 0 Å². The van der Waals surface area contributed by atoms with Crippen LogP contribution in [0.4, 0.5) is 0 Å². The van der Waals surface area contributed by atoms with Crippen molar-refractivity contribution in [2.24, 2.45) is 4.99 Å². The predicted molar refractivity (Wildman–Crippen MR) is 86.1 cm³/mol. The van der Waals surface area contributed by atoms with Gasteiger partial charge in [-0.1, -0.05) is 5.92 Å². The number of thiophene rings is 1. The Morgan fingerprint density at radius 1 is 1.53 bits per heavy atom. The van der Waals surface area contributed by atoms with Crippen molar-refractivity contribution in [3.8, 4) is 12.3 Å². The summed E-state index contributed by atoms with van der Waals surface area (Å²) >= 11 is 1.73. The Morgan fingerprint density at radius 3 is 2.82 bits per heavy atom. The van der Waals surface area contributed by atoms with Crippen LogP contribution in [0.15, 0.2) is 16.4 Å². The molecule has 1 rings (SSSR count). The number of hydrogen-bond acceptors (Lipinski definition) is 2. The lowest BCUT2D eigenvalue weighted by Crippen LogP contribution is -2.37. The largest absolute Gasteiger partial charge is 0.357 e. The third-order valence-corrected chi connectivity index (χ3v) is 3.06. The molecule has 0 saturated carbocycles. The molecule has 0 aliphatic heterocycles. The van der Waals surface area contributed by atoms with Gasteiger partial charge < -0.3 is 10.6 Å². The highest BCUT2D eigenvalue weighted by atomic mass is 127. The van der Waals surface area contributed by atoms with Gasteiger partial charge in [0.25, 0.3) is 0 Å². The highest BCUT2D eigenvalue weighted by Crippen LogP contribution is 2.16. The Hall–Kier alpha value is -0.740. The van der Waals surface area contributed by atoms with Crippen LogP contribution in [0.3, 0.4) is 0 Å². The summed E-state index contributed by atoms with van der Waals surface area (Å²) in [4.78, 5) is 5.75. The summed E-state index contributed by atoms with van der Waals surface area (Å²) < 4.78 is 0. The molecular formula is C12H18IN3S. The van der Waals surface area contributed by atoms with Crippen molar-refractivity contribution in [3.63, 3.8) is 0 Å². The fourth-order valence-electron chi connectivity index (χ4n) is 1.19. The molecule has 0 atom stereocenters. The predicted octanol–water partition coefficient (Wildman–Crippen LogP) is 2.36. The Kier molecular flexibility index (Phi) is 8.90. The number of hydrogen-bond donors (Lipinski definition) is 2. The first-order valence-electron chi connectivity index (χ1n) is 5.26. The van der Waals surface area contributed by atoms with Crippen LogP contribution >= 0.6 is 35.3 Å². The molecule has 0 fully saturated rings. The maximum absolute atomic E-state index is 5.19. The minimum atomic E-state index is 0. The lowest BCUT2D eigenvalue weighted by atomic mass is 10.3. The molecule has 5 heteroatoms. The van der Waals surface area contributed by atoms with Crippen LogP contribution in [0.5, 0.6) is 0 Å². The number of nitrogens with one attached hydrogen (secondary N) is 2. The van der Waals surface area contributed by atoms with Crippen molar-refractivity contribution in [2.75, 3.05) is 13.1 Å². The van der Waals surface area contributed by atoms with Gasteiger partial charge >= 0.3 is 0 Å². The van der Waals surface area contributed by atoms with Crippen LogP contribution in [0.2, 0.25) is 0 Å². The molecule has 0 aliphatic carbocycles. The maximum atomic E-state index is 5.19. The van der Waals surface area contributed by atoms with Crippen LogP contribution in [-0.4, -0.2) is 19.0 Å². The average molecular weight is 363 g/mol. The molecule has 0 aliphatic rings. The van der Waals surface area contributed by atoms with Crippen molar-refractivity contribution in [3.05, 3.63) is 21.9 Å². The van der Waals surface area contributed by atoms with Gasteiger partial charge in [-0.15, -0.1) is 41.7 Å². The second-order valence-corrected chi connectivity index (χ2v) is 4.28. The fraction of sp³-hybridized carbons (Fsp3) is 0.417. The van der Waals surface area contributed by atoms with E-state index in [4.69, 9.17) is 6.42 Å². The zero-order valence-electron chi connectivity index (χ0n) is 10.1. The van der Waals surface area contributed by atoms with Gasteiger partial charge in [-0.2, -0.15) is 0 Å². The van der Waals surface area contributed by atoms with Crippen LogP contribution in [0.25, 0.3) is 0 Å². The maximum Gasteiger partial charge on any atom is 0.192 e. The van der Waals surface area contributed by atoms with Gasteiger partial charge in [-0.3, -0.25) is 0 Å². The first-order chi connectivity index (χ1) is 7.77. The second-order valence-electron chi connectivity index (χ2n) is 3.28. The molecule has 94 valence electrons. The van der Waals surface area contributed by atoms with Crippen molar-refractivity contribution >= 4 is 41.3 Å². The highest BCUT2D eigenvalue weighted by Gasteiger charge is 1.99. The van der Waals surface area contributed by atoms with Crippen LogP contribution in [0, 0.1) is 19.3 Å². The topological polar surface area (TPSA) is 36.4 Å². The van der Waals surface area contributed by atoms with E-state index < -0.39 is 0 Å². The molecule has 0 aromatic carbocycles. The van der Waals surface area contributed by atoms with Crippen LogP contribution < -0.4 is 10.6 Å². The lowest BCUT2D eigenvalue weighted by Gasteiger charge is -2.08. The molecule has 0 bridgehead atoms. The Morgan fingerprint density at radius 2 is 2.29 bits per heavy atom. The van der Waals surface area contributed by atoms with E-state index in [9.17, 15) is 0 Å².